The molecule has 0 rings (SSSR count). The molecule has 0 saturated carbocycles. The van der Waals surface area contributed by atoms with E-state index in [4.69, 9.17) is 0 Å². The molecule has 0 bridgehead atoms. The van der Waals surface area contributed by atoms with Gasteiger partial charge in [-0.05, 0) is 26.5 Å². The van der Waals surface area contributed by atoms with Gasteiger partial charge in [0.05, 0.1) is 0 Å². The molecule has 0 atom stereocenters. The van der Waals surface area contributed by atoms with E-state index in [1.807, 2.05) is 20.8 Å². The van der Waals surface area contributed by atoms with Crippen LogP contribution in [-0.2, 0) is 0 Å². The maximum Gasteiger partial charge on any atom is 0.123 e. The van der Waals surface area contributed by atoms with Crippen LogP contribution in [0.1, 0.15) is 27.7 Å². The van der Waals surface area contributed by atoms with Crippen LogP contribution in [0.4, 0.5) is 4.39 Å². The highest BCUT2D eigenvalue weighted by molar-refractivity contribution is 5.25. The van der Waals surface area contributed by atoms with Crippen molar-refractivity contribution in [3.05, 3.63) is 23.6 Å². The third-order valence-corrected chi connectivity index (χ3v) is 1.28. The van der Waals surface area contributed by atoms with Crippen LogP contribution in [0, 0.1) is 0 Å². The average Bonchev–Trinajstić information content (AvgIpc) is 2.16. The number of nitrogens with one attached hydrogen (secondary N) is 1. The summed E-state index contributed by atoms with van der Waals surface area (Å²) in [5.74, 6) is -0.142. The predicted octanol–water partition coefficient (Wildman–Crippen LogP) is 3.05. The van der Waals surface area contributed by atoms with E-state index >= 15 is 0 Å². The molecular weight excluding hydrogens is 153 g/mol. The van der Waals surface area contributed by atoms with Gasteiger partial charge in [-0.25, -0.2) is 4.39 Å². The van der Waals surface area contributed by atoms with Crippen molar-refractivity contribution in [3.8, 4) is 0 Å². The molecule has 2 heteroatoms. The normalized spacial score (nSPS) is 12.2. The lowest BCUT2D eigenvalue weighted by molar-refractivity contribution is 0.636. The van der Waals surface area contributed by atoms with Crippen molar-refractivity contribution in [3.63, 3.8) is 0 Å². The van der Waals surface area contributed by atoms with Crippen molar-refractivity contribution in [1.29, 1.82) is 0 Å². The molecule has 72 valence electrons. The fourth-order valence-corrected chi connectivity index (χ4v) is 0.700. The summed E-state index contributed by atoms with van der Waals surface area (Å²) >= 11 is 0. The van der Waals surface area contributed by atoms with Gasteiger partial charge in [-0.2, -0.15) is 0 Å². The van der Waals surface area contributed by atoms with Crippen LogP contribution in [0.2, 0.25) is 0 Å². The van der Waals surface area contributed by atoms with Crippen molar-refractivity contribution < 1.29 is 4.39 Å². The SMILES string of the molecule is C/C=C(CNC)\C(F)=C/C.CC. The molecular formula is C10H20FN. The second-order valence-electron chi connectivity index (χ2n) is 1.98. The van der Waals surface area contributed by atoms with Gasteiger partial charge in [-0.3, -0.25) is 0 Å². The largest absolute Gasteiger partial charge is 0.316 e. The highest BCUT2D eigenvalue weighted by atomic mass is 19.1. The van der Waals surface area contributed by atoms with Gasteiger partial charge in [0.15, 0.2) is 0 Å². The lowest BCUT2D eigenvalue weighted by Crippen LogP contribution is -2.10. The molecule has 0 unspecified atom stereocenters. The third-order valence-electron chi connectivity index (χ3n) is 1.28. The van der Waals surface area contributed by atoms with Gasteiger partial charge in [0, 0.05) is 6.54 Å². The fraction of sp³-hybridized carbons (Fsp3) is 0.600. The molecule has 0 amide bonds. The summed E-state index contributed by atoms with van der Waals surface area (Å²) in [5.41, 5.74) is 0.713. The second-order valence-corrected chi connectivity index (χ2v) is 1.98. The Hall–Kier alpha value is -0.630. The Morgan fingerprint density at radius 1 is 1.25 bits per heavy atom. The van der Waals surface area contributed by atoms with Gasteiger partial charge in [-0.15, -0.1) is 0 Å². The van der Waals surface area contributed by atoms with E-state index in [-0.39, 0.29) is 5.83 Å². The van der Waals surface area contributed by atoms with E-state index in [9.17, 15) is 4.39 Å². The molecule has 0 aliphatic carbocycles. The summed E-state index contributed by atoms with van der Waals surface area (Å²) in [7, 11) is 1.80. The van der Waals surface area contributed by atoms with Crippen LogP contribution in [-0.4, -0.2) is 13.6 Å². The van der Waals surface area contributed by atoms with Gasteiger partial charge in [-0.1, -0.05) is 26.0 Å². The first-order valence-corrected chi connectivity index (χ1v) is 4.38. The minimum absolute atomic E-state index is 0.142. The molecule has 1 N–H and O–H groups in total. The second kappa shape index (κ2) is 10.4. The zero-order chi connectivity index (χ0) is 9.98. The van der Waals surface area contributed by atoms with Crippen molar-refractivity contribution in [2.24, 2.45) is 0 Å². The van der Waals surface area contributed by atoms with Crippen LogP contribution in [0.5, 0.6) is 0 Å². The molecule has 0 aromatic carbocycles. The van der Waals surface area contributed by atoms with E-state index in [1.165, 1.54) is 6.08 Å². The molecule has 0 aromatic rings. The Labute approximate surface area is 75.4 Å². The monoisotopic (exact) mass is 173 g/mol. The smallest absolute Gasteiger partial charge is 0.123 e. The van der Waals surface area contributed by atoms with Crippen molar-refractivity contribution >= 4 is 0 Å². The van der Waals surface area contributed by atoms with Gasteiger partial charge >= 0.3 is 0 Å². The molecule has 0 aromatic heterocycles. The van der Waals surface area contributed by atoms with Gasteiger partial charge in [0.1, 0.15) is 5.83 Å². The molecule has 1 nitrogen and oxygen atoms in total. The van der Waals surface area contributed by atoms with Gasteiger partial charge < -0.3 is 5.32 Å². The number of likely N-dealkylation sites (N-methyl/N-ethyl adjacent to an activating group) is 1. The minimum Gasteiger partial charge on any atom is -0.316 e. The summed E-state index contributed by atoms with van der Waals surface area (Å²) < 4.78 is 12.7. The number of rotatable bonds is 3. The summed E-state index contributed by atoms with van der Waals surface area (Å²) in [6.07, 6.45) is 3.23. The van der Waals surface area contributed by atoms with Crippen LogP contribution in [0.3, 0.4) is 0 Å². The van der Waals surface area contributed by atoms with Crippen LogP contribution in [0.15, 0.2) is 23.6 Å². The summed E-state index contributed by atoms with van der Waals surface area (Å²) in [5, 5.41) is 2.88. The van der Waals surface area contributed by atoms with Crippen molar-refractivity contribution in [2.45, 2.75) is 27.7 Å². The fourth-order valence-electron chi connectivity index (χ4n) is 0.700. The van der Waals surface area contributed by atoms with E-state index in [1.54, 1.807) is 20.0 Å². The van der Waals surface area contributed by atoms with Crippen molar-refractivity contribution in [1.82, 2.24) is 5.32 Å². The molecule has 0 heterocycles. The molecule has 0 spiro atoms. The Bertz CT molecular complexity index is 148. The molecule has 0 saturated heterocycles. The first-order valence-electron chi connectivity index (χ1n) is 4.38. The zero-order valence-corrected chi connectivity index (χ0v) is 8.74. The Morgan fingerprint density at radius 3 is 2.00 bits per heavy atom. The molecule has 12 heavy (non-hydrogen) atoms. The number of allylic oxidation sites excluding steroid dienone is 2. The standard InChI is InChI=1S/C8H14FN.C2H6/c1-4-7(6-10-3)8(9)5-2;1-2/h4-5,10H,6H2,1-3H3;1-2H3/b7-4-,8-5+;. The summed E-state index contributed by atoms with van der Waals surface area (Å²) in [6, 6.07) is 0. The van der Waals surface area contributed by atoms with E-state index < -0.39 is 0 Å². The van der Waals surface area contributed by atoms with E-state index in [0.29, 0.717) is 12.1 Å². The van der Waals surface area contributed by atoms with Crippen LogP contribution in [0.25, 0.3) is 0 Å². The topological polar surface area (TPSA) is 12.0 Å². The van der Waals surface area contributed by atoms with E-state index in [0.717, 1.165) is 0 Å². The molecule has 0 fully saturated rings. The summed E-state index contributed by atoms with van der Waals surface area (Å²) in [4.78, 5) is 0. The molecule has 0 aliphatic rings. The van der Waals surface area contributed by atoms with Crippen LogP contribution >= 0.6 is 0 Å². The first kappa shape index (κ1) is 13.9. The first-order chi connectivity index (χ1) is 5.76. The number of halogens is 1. The van der Waals surface area contributed by atoms with Crippen molar-refractivity contribution in [2.75, 3.05) is 13.6 Å². The quantitative estimate of drug-likeness (QED) is 0.647. The van der Waals surface area contributed by atoms with Crippen LogP contribution < -0.4 is 5.32 Å². The lowest BCUT2D eigenvalue weighted by atomic mass is 10.2. The zero-order valence-electron chi connectivity index (χ0n) is 8.74. The Morgan fingerprint density at radius 2 is 1.75 bits per heavy atom. The lowest BCUT2D eigenvalue weighted by Gasteiger charge is -2.01. The average molecular weight is 173 g/mol. The summed E-state index contributed by atoms with van der Waals surface area (Å²) in [6.45, 7) is 8.11. The predicted molar refractivity (Wildman–Crippen MR) is 53.9 cm³/mol. The van der Waals surface area contributed by atoms with Gasteiger partial charge in [0.25, 0.3) is 0 Å². The highest BCUT2D eigenvalue weighted by Gasteiger charge is 1.98. The Kier molecular flexibility index (Phi) is 12.0. The van der Waals surface area contributed by atoms with E-state index in [2.05, 4.69) is 5.32 Å². The molecule has 0 radical (unpaired) electrons. The Balaban J connectivity index is 0. The minimum atomic E-state index is -0.142. The maximum atomic E-state index is 12.7. The maximum absolute atomic E-state index is 12.7. The highest BCUT2D eigenvalue weighted by Crippen LogP contribution is 2.08. The number of hydrogen-bond donors (Lipinski definition) is 1. The van der Waals surface area contributed by atoms with Gasteiger partial charge in [0.2, 0.25) is 0 Å². The number of hydrogen-bond acceptors (Lipinski definition) is 1. The third kappa shape index (κ3) is 6.10. The molecule has 0 aliphatic heterocycles.